The van der Waals surface area contributed by atoms with Gasteiger partial charge in [-0.3, -0.25) is 14.4 Å². The predicted octanol–water partition coefficient (Wildman–Crippen LogP) is 3.30. The minimum Gasteiger partial charge on any atom is -0.379 e. The molecule has 0 saturated carbocycles. The molecule has 1 amide bonds. The Hall–Kier alpha value is -2.18. The number of hydrogen-bond acceptors (Lipinski definition) is 4. The van der Waals surface area contributed by atoms with Crippen molar-refractivity contribution < 1.29 is 9.53 Å². The van der Waals surface area contributed by atoms with Crippen molar-refractivity contribution in [3.8, 4) is 0 Å². The first-order chi connectivity index (χ1) is 15.1. The van der Waals surface area contributed by atoms with Gasteiger partial charge in [-0.2, -0.15) is 5.10 Å². The maximum absolute atomic E-state index is 13.2. The predicted molar refractivity (Wildman–Crippen MR) is 122 cm³/mol. The van der Waals surface area contributed by atoms with Gasteiger partial charge in [-0.1, -0.05) is 43.2 Å². The largest absolute Gasteiger partial charge is 0.379 e. The number of benzene rings is 1. The summed E-state index contributed by atoms with van der Waals surface area (Å²) in [7, 11) is 3.86. The van der Waals surface area contributed by atoms with Crippen LogP contribution in [-0.2, 0) is 31.2 Å². The summed E-state index contributed by atoms with van der Waals surface area (Å²) in [5, 5.41) is 4.65. The highest BCUT2D eigenvalue weighted by Crippen LogP contribution is 2.31. The van der Waals surface area contributed by atoms with E-state index in [-0.39, 0.29) is 5.91 Å². The van der Waals surface area contributed by atoms with Crippen LogP contribution in [0, 0.1) is 5.92 Å². The van der Waals surface area contributed by atoms with E-state index in [4.69, 9.17) is 4.74 Å². The number of unbranched alkanes of at least 4 members (excludes halogenated alkanes) is 1. The third kappa shape index (κ3) is 5.55. The molecular weight excluding hydrogens is 388 g/mol. The van der Waals surface area contributed by atoms with Crippen molar-refractivity contribution in [2.75, 3.05) is 39.9 Å². The van der Waals surface area contributed by atoms with Crippen LogP contribution in [0.3, 0.4) is 0 Å². The van der Waals surface area contributed by atoms with Gasteiger partial charge in [-0.05, 0) is 43.7 Å². The zero-order valence-corrected chi connectivity index (χ0v) is 19.1. The minimum absolute atomic E-state index is 0.0358. The molecule has 2 heterocycles. The Morgan fingerprint density at radius 2 is 1.97 bits per heavy atom. The first-order valence-electron chi connectivity index (χ1n) is 11.8. The second-order valence-electron chi connectivity index (χ2n) is 9.10. The molecule has 1 aliphatic heterocycles. The van der Waals surface area contributed by atoms with Crippen LogP contribution in [0.25, 0.3) is 0 Å². The molecule has 6 heteroatoms. The minimum atomic E-state index is 0.0358. The van der Waals surface area contributed by atoms with Gasteiger partial charge in [-0.15, -0.1) is 0 Å². The lowest BCUT2D eigenvalue weighted by Gasteiger charge is -2.27. The zero-order chi connectivity index (χ0) is 21.6. The van der Waals surface area contributed by atoms with Crippen LogP contribution in [0.1, 0.15) is 53.0 Å². The van der Waals surface area contributed by atoms with E-state index in [0.29, 0.717) is 18.2 Å². The number of rotatable bonds is 8. The Kier molecular flexibility index (Phi) is 7.41. The summed E-state index contributed by atoms with van der Waals surface area (Å²) in [5.74, 6) is 0.695. The van der Waals surface area contributed by atoms with Gasteiger partial charge in [0.05, 0.1) is 13.2 Å². The fourth-order valence-corrected chi connectivity index (χ4v) is 4.98. The average Bonchev–Trinajstić information content (AvgIpc) is 3.13. The number of amides is 1. The third-order valence-electron chi connectivity index (χ3n) is 6.81. The van der Waals surface area contributed by atoms with Crippen LogP contribution in [0.2, 0.25) is 0 Å². The van der Waals surface area contributed by atoms with Crippen molar-refractivity contribution in [2.24, 2.45) is 13.0 Å². The normalized spacial score (nSPS) is 19.2. The molecule has 1 aromatic carbocycles. The highest BCUT2D eigenvalue weighted by atomic mass is 16.5. The Balaban J connectivity index is 1.33. The van der Waals surface area contributed by atoms with Gasteiger partial charge in [0.25, 0.3) is 5.91 Å². The second kappa shape index (κ2) is 10.4. The fraction of sp³-hybridized carbons (Fsp3) is 0.600. The Morgan fingerprint density at radius 1 is 1.19 bits per heavy atom. The van der Waals surface area contributed by atoms with Crippen molar-refractivity contribution in [3.63, 3.8) is 0 Å². The number of morpholine rings is 1. The Morgan fingerprint density at radius 3 is 2.74 bits per heavy atom. The molecule has 1 unspecified atom stereocenters. The van der Waals surface area contributed by atoms with E-state index < -0.39 is 0 Å². The van der Waals surface area contributed by atoms with Crippen LogP contribution in [0.15, 0.2) is 30.3 Å². The van der Waals surface area contributed by atoms with E-state index in [0.717, 1.165) is 44.7 Å². The summed E-state index contributed by atoms with van der Waals surface area (Å²) in [6.07, 6.45) is 6.98. The number of aromatic nitrogens is 2. The quantitative estimate of drug-likeness (QED) is 0.610. The summed E-state index contributed by atoms with van der Waals surface area (Å²) in [6.45, 7) is 5.69. The van der Waals surface area contributed by atoms with Crippen LogP contribution in [-0.4, -0.2) is 65.4 Å². The maximum atomic E-state index is 13.2. The maximum Gasteiger partial charge on any atom is 0.274 e. The molecule has 2 aliphatic rings. The molecule has 1 aliphatic carbocycles. The number of nitrogens with zero attached hydrogens (tertiary/aromatic N) is 4. The molecule has 1 atom stereocenters. The van der Waals surface area contributed by atoms with Crippen LogP contribution in [0.5, 0.6) is 0 Å². The van der Waals surface area contributed by atoms with E-state index in [2.05, 4.69) is 22.1 Å². The summed E-state index contributed by atoms with van der Waals surface area (Å²) in [6, 6.07) is 10.1. The second-order valence-corrected chi connectivity index (χ2v) is 9.10. The molecule has 4 rings (SSSR count). The molecule has 168 valence electrons. The van der Waals surface area contributed by atoms with Gasteiger partial charge in [0, 0.05) is 45.0 Å². The number of carbonyl (C=O) groups is 1. The summed E-state index contributed by atoms with van der Waals surface area (Å²) < 4.78 is 7.37. The molecule has 0 N–H and O–H groups in total. The van der Waals surface area contributed by atoms with Crippen LogP contribution < -0.4 is 0 Å². The number of carbonyl (C=O) groups excluding carboxylic acids is 1. The molecule has 2 aromatic rings. The molecule has 6 nitrogen and oxygen atoms in total. The number of aryl methyl sites for hydroxylation is 1. The molecule has 0 bridgehead atoms. The third-order valence-corrected chi connectivity index (χ3v) is 6.81. The number of hydrogen-bond donors (Lipinski definition) is 0. The molecule has 0 radical (unpaired) electrons. The molecular formula is C25H36N4O2. The number of fused-ring (bicyclic) bond motifs is 1. The van der Waals surface area contributed by atoms with Gasteiger partial charge in [0.15, 0.2) is 5.69 Å². The van der Waals surface area contributed by atoms with Crippen molar-refractivity contribution in [1.29, 1.82) is 0 Å². The van der Waals surface area contributed by atoms with E-state index in [1.165, 1.54) is 43.5 Å². The van der Waals surface area contributed by atoms with Crippen LogP contribution >= 0.6 is 0 Å². The first-order valence-corrected chi connectivity index (χ1v) is 11.8. The highest BCUT2D eigenvalue weighted by molar-refractivity contribution is 5.94. The first kappa shape index (κ1) is 22.0. The van der Waals surface area contributed by atoms with Crippen molar-refractivity contribution in [3.05, 3.63) is 52.8 Å². The van der Waals surface area contributed by atoms with Gasteiger partial charge < -0.3 is 9.64 Å². The fourth-order valence-electron chi connectivity index (χ4n) is 4.98. The monoisotopic (exact) mass is 424 g/mol. The summed E-state index contributed by atoms with van der Waals surface area (Å²) in [4.78, 5) is 17.5. The number of ether oxygens (including phenoxy) is 1. The van der Waals surface area contributed by atoms with E-state index >= 15 is 0 Å². The zero-order valence-electron chi connectivity index (χ0n) is 19.1. The molecule has 1 saturated heterocycles. The van der Waals surface area contributed by atoms with Crippen molar-refractivity contribution in [1.82, 2.24) is 19.6 Å². The van der Waals surface area contributed by atoms with Gasteiger partial charge in [0.1, 0.15) is 0 Å². The summed E-state index contributed by atoms with van der Waals surface area (Å²) in [5.41, 5.74) is 4.24. The Bertz CT molecular complexity index is 858. The lowest BCUT2D eigenvalue weighted by molar-refractivity contribution is 0.0370. The van der Waals surface area contributed by atoms with Gasteiger partial charge >= 0.3 is 0 Å². The van der Waals surface area contributed by atoms with E-state index in [1.54, 1.807) is 4.90 Å². The lowest BCUT2D eigenvalue weighted by Crippen LogP contribution is -2.36. The Labute approximate surface area is 186 Å². The molecule has 0 spiro atoms. The smallest absolute Gasteiger partial charge is 0.274 e. The van der Waals surface area contributed by atoms with Crippen LogP contribution in [0.4, 0.5) is 0 Å². The molecule has 1 fully saturated rings. The molecule has 1 aromatic heterocycles. The summed E-state index contributed by atoms with van der Waals surface area (Å²) >= 11 is 0. The van der Waals surface area contributed by atoms with Crippen molar-refractivity contribution >= 4 is 5.91 Å². The highest BCUT2D eigenvalue weighted by Gasteiger charge is 2.29. The lowest BCUT2D eigenvalue weighted by atomic mass is 9.83. The van der Waals surface area contributed by atoms with Crippen molar-refractivity contribution in [2.45, 2.75) is 45.1 Å². The van der Waals surface area contributed by atoms with E-state index in [9.17, 15) is 4.79 Å². The van der Waals surface area contributed by atoms with Gasteiger partial charge in [-0.25, -0.2) is 0 Å². The van der Waals surface area contributed by atoms with Gasteiger partial charge in [0.2, 0.25) is 0 Å². The average molecular weight is 425 g/mol. The standard InChI is InChI=1S/C25H36N4O2/c1-27(19-21-9-4-3-5-10-21)25(30)24-22-18-20(11-12-23(22)28(2)26-24)8-6-7-13-29-14-16-31-17-15-29/h3-5,9-10,20H,6-8,11-19H2,1-2H3. The van der Waals surface area contributed by atoms with E-state index in [1.807, 2.05) is 37.0 Å². The molecule has 31 heavy (non-hydrogen) atoms. The SMILES string of the molecule is CN(Cc1ccccc1)C(=O)c1nn(C)c2c1CC(CCCCN1CCOCC1)CC2. The topological polar surface area (TPSA) is 50.6 Å².